The second-order valence-electron chi connectivity index (χ2n) is 4.32. The van der Waals surface area contributed by atoms with Gasteiger partial charge in [-0.2, -0.15) is 5.10 Å². The van der Waals surface area contributed by atoms with Gasteiger partial charge < -0.3 is 5.32 Å². The molecule has 0 bridgehead atoms. The Bertz CT molecular complexity index is 360. The molecule has 0 saturated carbocycles. The molecule has 0 aliphatic heterocycles. The van der Waals surface area contributed by atoms with E-state index in [2.05, 4.69) is 24.3 Å². The van der Waals surface area contributed by atoms with Crippen LogP contribution in [0.4, 0.5) is 0 Å². The van der Waals surface area contributed by atoms with Crippen molar-refractivity contribution >= 4 is 10.8 Å². The van der Waals surface area contributed by atoms with Crippen molar-refractivity contribution in [3.8, 4) is 0 Å². The summed E-state index contributed by atoms with van der Waals surface area (Å²) in [6, 6.07) is 0. The molecule has 92 valence electrons. The molecule has 1 aromatic rings. The van der Waals surface area contributed by atoms with Crippen LogP contribution in [0, 0.1) is 0 Å². The fraction of sp³-hybridized carbons (Fsp3) is 0.727. The molecule has 1 aromatic heterocycles. The SMILES string of the molecule is CC(C)c1nn(C)cc1CNCCS(C)=O. The van der Waals surface area contributed by atoms with Crippen molar-refractivity contribution in [1.82, 2.24) is 15.1 Å². The molecule has 0 radical (unpaired) electrons. The van der Waals surface area contributed by atoms with E-state index in [0.717, 1.165) is 18.8 Å². The minimum Gasteiger partial charge on any atom is -0.312 e. The summed E-state index contributed by atoms with van der Waals surface area (Å²) < 4.78 is 12.7. The Labute approximate surface area is 99.9 Å². The van der Waals surface area contributed by atoms with Crippen LogP contribution in [0.5, 0.6) is 0 Å². The van der Waals surface area contributed by atoms with Crippen LogP contribution in [0.1, 0.15) is 31.0 Å². The number of rotatable bonds is 6. The van der Waals surface area contributed by atoms with E-state index in [1.165, 1.54) is 5.56 Å². The number of aryl methyl sites for hydroxylation is 1. The van der Waals surface area contributed by atoms with Gasteiger partial charge in [-0.15, -0.1) is 0 Å². The highest BCUT2D eigenvalue weighted by atomic mass is 32.2. The van der Waals surface area contributed by atoms with E-state index in [4.69, 9.17) is 0 Å². The summed E-state index contributed by atoms with van der Waals surface area (Å²) in [6.07, 6.45) is 3.77. The molecule has 1 rings (SSSR count). The third-order valence-corrected chi connectivity index (χ3v) is 3.14. The zero-order valence-electron chi connectivity index (χ0n) is 10.5. The lowest BCUT2D eigenvalue weighted by molar-refractivity contribution is 0.673. The molecule has 1 unspecified atom stereocenters. The minimum atomic E-state index is -0.716. The van der Waals surface area contributed by atoms with Crippen LogP contribution in [0.3, 0.4) is 0 Å². The Hall–Kier alpha value is -0.680. The van der Waals surface area contributed by atoms with E-state index in [1.807, 2.05) is 17.9 Å². The number of nitrogens with one attached hydrogen (secondary N) is 1. The maximum Gasteiger partial charge on any atom is 0.0694 e. The Morgan fingerprint density at radius 3 is 2.81 bits per heavy atom. The number of nitrogens with zero attached hydrogens (tertiary/aromatic N) is 2. The van der Waals surface area contributed by atoms with Gasteiger partial charge in [0.1, 0.15) is 0 Å². The summed E-state index contributed by atoms with van der Waals surface area (Å²) in [5, 5.41) is 7.74. The van der Waals surface area contributed by atoms with Crippen molar-refractivity contribution in [2.45, 2.75) is 26.3 Å². The molecule has 0 saturated heterocycles. The molecule has 1 atom stereocenters. The summed E-state index contributed by atoms with van der Waals surface area (Å²) >= 11 is 0. The maximum atomic E-state index is 10.9. The average molecular weight is 243 g/mol. The summed E-state index contributed by atoms with van der Waals surface area (Å²) in [7, 11) is 1.23. The highest BCUT2D eigenvalue weighted by Gasteiger charge is 2.10. The van der Waals surface area contributed by atoms with Crippen LogP contribution in [0.25, 0.3) is 0 Å². The Balaban J connectivity index is 2.49. The molecule has 0 fully saturated rings. The van der Waals surface area contributed by atoms with E-state index in [0.29, 0.717) is 11.7 Å². The van der Waals surface area contributed by atoms with Crippen molar-refractivity contribution in [1.29, 1.82) is 0 Å². The summed E-state index contributed by atoms with van der Waals surface area (Å²) in [5.74, 6) is 1.15. The Kier molecular flexibility index (Phi) is 5.15. The van der Waals surface area contributed by atoms with Crippen molar-refractivity contribution < 1.29 is 4.21 Å². The molecule has 16 heavy (non-hydrogen) atoms. The van der Waals surface area contributed by atoms with E-state index in [-0.39, 0.29) is 0 Å². The first-order chi connectivity index (χ1) is 7.50. The Morgan fingerprint density at radius 1 is 1.56 bits per heavy atom. The van der Waals surface area contributed by atoms with Gasteiger partial charge in [-0.05, 0) is 5.92 Å². The summed E-state index contributed by atoms with van der Waals surface area (Å²) in [4.78, 5) is 0. The van der Waals surface area contributed by atoms with Gasteiger partial charge in [0.15, 0.2) is 0 Å². The third-order valence-electron chi connectivity index (χ3n) is 2.37. The highest BCUT2D eigenvalue weighted by Crippen LogP contribution is 2.16. The van der Waals surface area contributed by atoms with Gasteiger partial charge >= 0.3 is 0 Å². The first-order valence-electron chi connectivity index (χ1n) is 5.54. The van der Waals surface area contributed by atoms with E-state index in [9.17, 15) is 4.21 Å². The minimum absolute atomic E-state index is 0.443. The van der Waals surface area contributed by atoms with Crippen LogP contribution < -0.4 is 5.32 Å². The molecule has 0 spiro atoms. The number of hydrogen-bond donors (Lipinski definition) is 1. The monoisotopic (exact) mass is 243 g/mol. The lowest BCUT2D eigenvalue weighted by atomic mass is 10.1. The molecular formula is C11H21N3OS. The van der Waals surface area contributed by atoms with Gasteiger partial charge in [-0.3, -0.25) is 8.89 Å². The van der Waals surface area contributed by atoms with Crippen LogP contribution in [0.15, 0.2) is 6.20 Å². The molecule has 0 aliphatic carbocycles. The second kappa shape index (κ2) is 6.15. The normalized spacial score (nSPS) is 13.3. The third kappa shape index (κ3) is 4.06. The molecule has 5 heteroatoms. The van der Waals surface area contributed by atoms with Crippen LogP contribution >= 0.6 is 0 Å². The lowest BCUT2D eigenvalue weighted by Crippen LogP contribution is -2.20. The van der Waals surface area contributed by atoms with E-state index >= 15 is 0 Å². The second-order valence-corrected chi connectivity index (χ2v) is 5.88. The van der Waals surface area contributed by atoms with Gasteiger partial charge in [-0.1, -0.05) is 13.8 Å². The maximum absolute atomic E-state index is 10.9. The van der Waals surface area contributed by atoms with Crippen LogP contribution in [0.2, 0.25) is 0 Å². The highest BCUT2D eigenvalue weighted by molar-refractivity contribution is 7.84. The van der Waals surface area contributed by atoms with Crippen LogP contribution in [-0.2, 0) is 24.4 Å². The molecule has 0 aromatic carbocycles. The quantitative estimate of drug-likeness (QED) is 0.759. The zero-order chi connectivity index (χ0) is 12.1. The van der Waals surface area contributed by atoms with E-state index < -0.39 is 10.8 Å². The summed E-state index contributed by atoms with van der Waals surface area (Å²) in [5.41, 5.74) is 2.38. The van der Waals surface area contributed by atoms with Gasteiger partial charge in [0.05, 0.1) is 5.69 Å². The van der Waals surface area contributed by atoms with Gasteiger partial charge in [0, 0.05) is 54.7 Å². The molecule has 0 aliphatic rings. The fourth-order valence-corrected chi connectivity index (χ4v) is 2.05. The predicted octanol–water partition coefficient (Wildman–Crippen LogP) is 1.01. The van der Waals surface area contributed by atoms with Gasteiger partial charge in [-0.25, -0.2) is 0 Å². The molecule has 1 heterocycles. The fourth-order valence-electron chi connectivity index (χ4n) is 1.62. The first-order valence-corrected chi connectivity index (χ1v) is 7.26. The topological polar surface area (TPSA) is 46.9 Å². The number of aromatic nitrogens is 2. The van der Waals surface area contributed by atoms with E-state index in [1.54, 1.807) is 6.26 Å². The molecular weight excluding hydrogens is 222 g/mol. The first kappa shape index (κ1) is 13.4. The molecule has 1 N–H and O–H groups in total. The molecule has 4 nitrogen and oxygen atoms in total. The standard InChI is InChI=1S/C11H21N3OS/c1-9(2)11-10(8-14(3)13-11)7-12-5-6-16(4)15/h8-9,12H,5-7H2,1-4H3. The Morgan fingerprint density at radius 2 is 2.25 bits per heavy atom. The summed E-state index contributed by atoms with van der Waals surface area (Å²) in [6.45, 7) is 5.88. The molecule has 0 amide bonds. The van der Waals surface area contributed by atoms with Crippen molar-refractivity contribution in [2.24, 2.45) is 7.05 Å². The van der Waals surface area contributed by atoms with Crippen molar-refractivity contribution in [3.05, 3.63) is 17.5 Å². The van der Waals surface area contributed by atoms with Crippen LogP contribution in [-0.4, -0.2) is 32.5 Å². The average Bonchev–Trinajstić information content (AvgIpc) is 2.54. The predicted molar refractivity (Wildman–Crippen MR) is 67.9 cm³/mol. The number of hydrogen-bond acceptors (Lipinski definition) is 3. The van der Waals surface area contributed by atoms with Gasteiger partial charge in [0.2, 0.25) is 0 Å². The zero-order valence-corrected chi connectivity index (χ0v) is 11.3. The lowest BCUT2D eigenvalue weighted by Gasteiger charge is -2.06. The van der Waals surface area contributed by atoms with Gasteiger partial charge in [0.25, 0.3) is 0 Å². The largest absolute Gasteiger partial charge is 0.312 e. The van der Waals surface area contributed by atoms with Crippen molar-refractivity contribution in [2.75, 3.05) is 18.6 Å². The smallest absolute Gasteiger partial charge is 0.0694 e. The van der Waals surface area contributed by atoms with Crippen molar-refractivity contribution in [3.63, 3.8) is 0 Å².